The summed E-state index contributed by atoms with van der Waals surface area (Å²) < 4.78 is 27.6. The molecular weight excluding hydrogens is 214 g/mol. The average molecular weight is 235 g/mol. The van der Waals surface area contributed by atoms with Crippen molar-refractivity contribution in [2.24, 2.45) is 5.92 Å². The van der Waals surface area contributed by atoms with E-state index in [2.05, 4.69) is 10.0 Å². The first-order valence-corrected chi connectivity index (χ1v) is 6.99. The third kappa shape index (κ3) is 3.71. The molecule has 1 unspecified atom stereocenters. The quantitative estimate of drug-likeness (QED) is 0.668. The van der Waals surface area contributed by atoms with Gasteiger partial charge >= 0.3 is 0 Å². The third-order valence-electron chi connectivity index (χ3n) is 2.76. The maximum atomic E-state index is 11.7. The van der Waals surface area contributed by atoms with Crippen LogP contribution in [0.25, 0.3) is 0 Å². The van der Waals surface area contributed by atoms with Crippen LogP contribution in [0.1, 0.15) is 20.3 Å². The standard InChI is InChI=1S/C9H21N3O2S/c1-3-12(4-2)15(13,14)11-8-9-5-6-10-7-9/h9-11H,3-8H2,1-2H3. The van der Waals surface area contributed by atoms with Crippen LogP contribution in [0.2, 0.25) is 0 Å². The van der Waals surface area contributed by atoms with Crippen molar-refractivity contribution in [3.05, 3.63) is 0 Å². The zero-order valence-corrected chi connectivity index (χ0v) is 10.3. The molecule has 6 heteroatoms. The first kappa shape index (κ1) is 12.9. The highest BCUT2D eigenvalue weighted by molar-refractivity contribution is 7.87. The van der Waals surface area contributed by atoms with E-state index >= 15 is 0 Å². The largest absolute Gasteiger partial charge is 0.316 e. The zero-order chi connectivity index (χ0) is 11.3. The summed E-state index contributed by atoms with van der Waals surface area (Å²) in [7, 11) is -3.25. The van der Waals surface area contributed by atoms with Gasteiger partial charge in [0.2, 0.25) is 0 Å². The fourth-order valence-corrected chi connectivity index (χ4v) is 3.08. The minimum Gasteiger partial charge on any atom is -0.316 e. The van der Waals surface area contributed by atoms with Crippen LogP contribution in [0.5, 0.6) is 0 Å². The summed E-state index contributed by atoms with van der Waals surface area (Å²) in [5, 5.41) is 3.22. The summed E-state index contributed by atoms with van der Waals surface area (Å²) in [6, 6.07) is 0. The molecule has 1 heterocycles. The lowest BCUT2D eigenvalue weighted by molar-refractivity contribution is 0.428. The lowest BCUT2D eigenvalue weighted by atomic mass is 10.1. The maximum Gasteiger partial charge on any atom is 0.279 e. The van der Waals surface area contributed by atoms with Gasteiger partial charge in [0.25, 0.3) is 10.2 Å². The molecule has 5 nitrogen and oxygen atoms in total. The van der Waals surface area contributed by atoms with E-state index in [9.17, 15) is 8.42 Å². The van der Waals surface area contributed by atoms with Crippen LogP contribution >= 0.6 is 0 Å². The normalized spacial score (nSPS) is 22.5. The van der Waals surface area contributed by atoms with Gasteiger partial charge in [-0.15, -0.1) is 0 Å². The Bertz CT molecular complexity index is 269. The van der Waals surface area contributed by atoms with Crippen molar-refractivity contribution >= 4 is 10.2 Å². The first-order valence-electron chi connectivity index (χ1n) is 5.55. The van der Waals surface area contributed by atoms with Gasteiger partial charge in [-0.2, -0.15) is 12.7 Å². The predicted molar refractivity (Wildman–Crippen MR) is 60.8 cm³/mol. The Morgan fingerprint density at radius 1 is 1.40 bits per heavy atom. The fourth-order valence-electron chi connectivity index (χ4n) is 1.77. The Morgan fingerprint density at radius 3 is 2.53 bits per heavy atom. The molecule has 2 N–H and O–H groups in total. The molecule has 1 fully saturated rings. The van der Waals surface area contributed by atoms with Crippen LogP contribution in [0.4, 0.5) is 0 Å². The summed E-state index contributed by atoms with van der Waals surface area (Å²) >= 11 is 0. The number of nitrogens with zero attached hydrogens (tertiary/aromatic N) is 1. The van der Waals surface area contributed by atoms with Gasteiger partial charge in [-0.3, -0.25) is 0 Å². The molecule has 1 atom stereocenters. The smallest absolute Gasteiger partial charge is 0.279 e. The molecule has 0 aliphatic carbocycles. The Balaban J connectivity index is 2.41. The molecular formula is C9H21N3O2S. The molecule has 0 spiro atoms. The minimum absolute atomic E-state index is 0.440. The highest BCUT2D eigenvalue weighted by Crippen LogP contribution is 2.06. The SMILES string of the molecule is CCN(CC)S(=O)(=O)NCC1CCNC1. The molecule has 1 rings (SSSR count). The molecule has 0 aromatic carbocycles. The Morgan fingerprint density at radius 2 is 2.07 bits per heavy atom. The highest BCUT2D eigenvalue weighted by Gasteiger charge is 2.21. The maximum absolute atomic E-state index is 11.7. The number of nitrogens with one attached hydrogen (secondary N) is 2. The predicted octanol–water partition coefficient (Wildman–Crippen LogP) is -0.228. The molecule has 0 radical (unpaired) electrons. The molecule has 0 saturated carbocycles. The summed E-state index contributed by atoms with van der Waals surface area (Å²) in [5.41, 5.74) is 0. The van der Waals surface area contributed by atoms with Crippen LogP contribution in [-0.2, 0) is 10.2 Å². The summed E-state index contributed by atoms with van der Waals surface area (Å²) in [4.78, 5) is 0. The monoisotopic (exact) mass is 235 g/mol. The van der Waals surface area contributed by atoms with Gasteiger partial charge in [-0.25, -0.2) is 4.72 Å². The van der Waals surface area contributed by atoms with Gasteiger partial charge in [-0.1, -0.05) is 13.8 Å². The van der Waals surface area contributed by atoms with Gasteiger partial charge < -0.3 is 5.32 Å². The van der Waals surface area contributed by atoms with Gasteiger partial charge in [0.05, 0.1) is 0 Å². The highest BCUT2D eigenvalue weighted by atomic mass is 32.2. The van der Waals surface area contributed by atoms with Crippen molar-refractivity contribution in [3.8, 4) is 0 Å². The average Bonchev–Trinajstić information content (AvgIpc) is 2.69. The van der Waals surface area contributed by atoms with Crippen molar-refractivity contribution < 1.29 is 8.42 Å². The summed E-state index contributed by atoms with van der Waals surface area (Å²) in [6.07, 6.45) is 1.06. The molecule has 0 aromatic rings. The number of rotatable bonds is 6. The van der Waals surface area contributed by atoms with E-state index in [4.69, 9.17) is 0 Å². The lowest BCUT2D eigenvalue weighted by Gasteiger charge is -2.20. The lowest BCUT2D eigenvalue weighted by Crippen LogP contribution is -2.42. The molecule has 1 aliphatic rings. The van der Waals surface area contributed by atoms with Crippen molar-refractivity contribution in [1.29, 1.82) is 0 Å². The minimum atomic E-state index is -3.25. The molecule has 1 saturated heterocycles. The second kappa shape index (κ2) is 5.79. The van der Waals surface area contributed by atoms with E-state index in [0.717, 1.165) is 19.5 Å². The van der Waals surface area contributed by atoms with Gasteiger partial charge in [0, 0.05) is 19.6 Å². The van der Waals surface area contributed by atoms with E-state index < -0.39 is 10.2 Å². The van der Waals surface area contributed by atoms with Gasteiger partial charge in [-0.05, 0) is 25.4 Å². The van der Waals surface area contributed by atoms with Crippen LogP contribution in [0.3, 0.4) is 0 Å². The van der Waals surface area contributed by atoms with E-state index in [1.807, 2.05) is 13.8 Å². The molecule has 0 bridgehead atoms. The third-order valence-corrected chi connectivity index (χ3v) is 4.49. The van der Waals surface area contributed by atoms with Crippen molar-refractivity contribution in [2.75, 3.05) is 32.7 Å². The van der Waals surface area contributed by atoms with Gasteiger partial charge in [0.1, 0.15) is 0 Å². The summed E-state index contributed by atoms with van der Waals surface area (Å²) in [5.74, 6) is 0.440. The second-order valence-corrected chi connectivity index (χ2v) is 5.55. The van der Waals surface area contributed by atoms with E-state index in [-0.39, 0.29) is 0 Å². The number of hydrogen-bond acceptors (Lipinski definition) is 3. The van der Waals surface area contributed by atoms with Crippen molar-refractivity contribution in [3.63, 3.8) is 0 Å². The van der Waals surface area contributed by atoms with E-state index in [1.165, 1.54) is 4.31 Å². The molecule has 0 aromatic heterocycles. The first-order chi connectivity index (χ1) is 7.10. The second-order valence-electron chi connectivity index (χ2n) is 3.80. The van der Waals surface area contributed by atoms with Crippen molar-refractivity contribution in [2.45, 2.75) is 20.3 Å². The van der Waals surface area contributed by atoms with Crippen molar-refractivity contribution in [1.82, 2.24) is 14.3 Å². The van der Waals surface area contributed by atoms with E-state index in [0.29, 0.717) is 25.6 Å². The molecule has 15 heavy (non-hydrogen) atoms. The Kier molecular flexibility index (Phi) is 4.98. The molecule has 0 amide bonds. The van der Waals surface area contributed by atoms with Crippen LogP contribution < -0.4 is 10.0 Å². The Labute approximate surface area is 92.4 Å². The zero-order valence-electron chi connectivity index (χ0n) is 9.49. The number of hydrogen-bond donors (Lipinski definition) is 2. The van der Waals surface area contributed by atoms with Gasteiger partial charge in [0.15, 0.2) is 0 Å². The van der Waals surface area contributed by atoms with Crippen LogP contribution in [0.15, 0.2) is 0 Å². The Hall–Kier alpha value is -0.170. The summed E-state index contributed by atoms with van der Waals surface area (Å²) in [6.45, 7) is 7.20. The van der Waals surface area contributed by atoms with E-state index in [1.54, 1.807) is 0 Å². The van der Waals surface area contributed by atoms with Crippen LogP contribution in [0, 0.1) is 5.92 Å². The fraction of sp³-hybridized carbons (Fsp3) is 1.00. The molecule has 1 aliphatic heterocycles. The molecule has 90 valence electrons. The topological polar surface area (TPSA) is 61.4 Å². The van der Waals surface area contributed by atoms with Crippen LogP contribution in [-0.4, -0.2) is 45.4 Å².